The van der Waals surface area contributed by atoms with Crippen molar-refractivity contribution in [1.29, 1.82) is 5.26 Å². The van der Waals surface area contributed by atoms with Gasteiger partial charge in [-0.1, -0.05) is 49.7 Å². The molecule has 0 spiro atoms. The van der Waals surface area contributed by atoms with Crippen LogP contribution in [0.25, 0.3) is 11.1 Å². The lowest BCUT2D eigenvalue weighted by Crippen LogP contribution is -2.21. The molecule has 0 radical (unpaired) electrons. The molecule has 2 nitrogen and oxygen atoms in total. The van der Waals surface area contributed by atoms with E-state index in [0.29, 0.717) is 16.6 Å². The van der Waals surface area contributed by atoms with Crippen molar-refractivity contribution in [3.8, 4) is 17.2 Å². The third-order valence-corrected chi connectivity index (χ3v) is 3.36. The van der Waals surface area contributed by atoms with Gasteiger partial charge < -0.3 is 5.32 Å². The van der Waals surface area contributed by atoms with E-state index in [0.717, 1.165) is 23.2 Å². The molecule has 0 aromatic heterocycles. The molecule has 0 saturated heterocycles. The molecule has 20 heavy (non-hydrogen) atoms. The summed E-state index contributed by atoms with van der Waals surface area (Å²) in [5.41, 5.74) is 3.72. The Kier molecular flexibility index (Phi) is 4.79. The maximum atomic E-state index is 8.95. The second-order valence-corrected chi connectivity index (χ2v) is 5.45. The smallest absolute Gasteiger partial charge is 0.0991 e. The SMILES string of the molecule is CC(C)NCc1ccc(-c2cccc(C#N)c2)c(Cl)c1. The first-order valence-corrected chi connectivity index (χ1v) is 7.00. The van der Waals surface area contributed by atoms with Crippen molar-refractivity contribution in [3.63, 3.8) is 0 Å². The molecule has 3 heteroatoms. The summed E-state index contributed by atoms with van der Waals surface area (Å²) in [5, 5.41) is 13.0. The lowest BCUT2D eigenvalue weighted by Gasteiger charge is -2.10. The molecule has 102 valence electrons. The van der Waals surface area contributed by atoms with Gasteiger partial charge >= 0.3 is 0 Å². The lowest BCUT2D eigenvalue weighted by atomic mass is 10.0. The van der Waals surface area contributed by atoms with Gasteiger partial charge in [0.25, 0.3) is 0 Å². The topological polar surface area (TPSA) is 35.8 Å². The number of benzene rings is 2. The molecular weight excluding hydrogens is 268 g/mol. The van der Waals surface area contributed by atoms with Crippen molar-refractivity contribution in [2.45, 2.75) is 26.4 Å². The van der Waals surface area contributed by atoms with Gasteiger partial charge in [-0.25, -0.2) is 0 Å². The number of halogens is 1. The van der Waals surface area contributed by atoms with Crippen molar-refractivity contribution in [2.24, 2.45) is 0 Å². The zero-order valence-corrected chi connectivity index (χ0v) is 12.4. The van der Waals surface area contributed by atoms with E-state index in [1.165, 1.54) is 0 Å². The minimum absolute atomic E-state index is 0.445. The molecule has 0 aliphatic carbocycles. The van der Waals surface area contributed by atoms with Crippen molar-refractivity contribution in [2.75, 3.05) is 0 Å². The minimum atomic E-state index is 0.445. The number of hydrogen-bond acceptors (Lipinski definition) is 2. The molecule has 0 bridgehead atoms. The van der Waals surface area contributed by atoms with E-state index in [1.807, 2.05) is 30.3 Å². The van der Waals surface area contributed by atoms with E-state index in [-0.39, 0.29) is 0 Å². The van der Waals surface area contributed by atoms with Crippen molar-refractivity contribution in [3.05, 3.63) is 58.6 Å². The van der Waals surface area contributed by atoms with Crippen LogP contribution in [0.15, 0.2) is 42.5 Å². The van der Waals surface area contributed by atoms with Gasteiger partial charge in [-0.05, 0) is 29.3 Å². The van der Waals surface area contributed by atoms with E-state index in [1.54, 1.807) is 6.07 Å². The lowest BCUT2D eigenvalue weighted by molar-refractivity contribution is 0.589. The average molecular weight is 285 g/mol. The summed E-state index contributed by atoms with van der Waals surface area (Å²) in [6, 6.07) is 16.1. The zero-order chi connectivity index (χ0) is 14.5. The van der Waals surface area contributed by atoms with Crippen LogP contribution in [0.5, 0.6) is 0 Å². The Balaban J connectivity index is 2.27. The molecule has 0 heterocycles. The first-order chi connectivity index (χ1) is 9.60. The summed E-state index contributed by atoms with van der Waals surface area (Å²) in [4.78, 5) is 0. The molecule has 2 aromatic rings. The van der Waals surface area contributed by atoms with Gasteiger partial charge in [-0.2, -0.15) is 5.26 Å². The fourth-order valence-electron chi connectivity index (χ4n) is 1.98. The summed E-state index contributed by atoms with van der Waals surface area (Å²) in [7, 11) is 0. The number of nitrogens with one attached hydrogen (secondary N) is 1. The van der Waals surface area contributed by atoms with Gasteiger partial charge in [0.05, 0.1) is 11.6 Å². The predicted molar refractivity (Wildman–Crippen MR) is 83.6 cm³/mol. The predicted octanol–water partition coefficient (Wildman–Crippen LogP) is 4.38. The fraction of sp³-hybridized carbons (Fsp3) is 0.235. The van der Waals surface area contributed by atoms with Crippen LogP contribution in [-0.4, -0.2) is 6.04 Å². The maximum absolute atomic E-state index is 8.95. The molecule has 0 fully saturated rings. The van der Waals surface area contributed by atoms with Crippen LogP contribution in [0.4, 0.5) is 0 Å². The summed E-state index contributed by atoms with van der Waals surface area (Å²) < 4.78 is 0. The van der Waals surface area contributed by atoms with Crippen LogP contribution in [-0.2, 0) is 6.54 Å². The fourth-order valence-corrected chi connectivity index (χ4v) is 2.29. The van der Waals surface area contributed by atoms with Crippen LogP contribution in [0.3, 0.4) is 0 Å². The molecule has 0 unspecified atom stereocenters. The van der Waals surface area contributed by atoms with Crippen LogP contribution in [0.1, 0.15) is 25.0 Å². The summed E-state index contributed by atoms with van der Waals surface area (Å²) >= 11 is 6.36. The molecule has 0 saturated carbocycles. The first kappa shape index (κ1) is 14.6. The summed E-state index contributed by atoms with van der Waals surface area (Å²) in [6.45, 7) is 5.03. The highest BCUT2D eigenvalue weighted by molar-refractivity contribution is 6.33. The van der Waals surface area contributed by atoms with E-state index < -0.39 is 0 Å². The van der Waals surface area contributed by atoms with Crippen LogP contribution < -0.4 is 5.32 Å². The second kappa shape index (κ2) is 6.56. The number of hydrogen-bond donors (Lipinski definition) is 1. The Bertz CT molecular complexity index is 642. The van der Waals surface area contributed by atoms with Crippen molar-refractivity contribution < 1.29 is 0 Å². The highest BCUT2D eigenvalue weighted by atomic mass is 35.5. The van der Waals surface area contributed by atoms with Gasteiger partial charge in [0.1, 0.15) is 0 Å². The average Bonchev–Trinajstić information content (AvgIpc) is 2.45. The molecule has 2 rings (SSSR count). The minimum Gasteiger partial charge on any atom is -0.310 e. The van der Waals surface area contributed by atoms with E-state index in [9.17, 15) is 0 Å². The molecule has 1 N–H and O–H groups in total. The van der Waals surface area contributed by atoms with Gasteiger partial charge in [0.2, 0.25) is 0 Å². The standard InChI is InChI=1S/C17H17ClN2/c1-12(2)20-11-14-6-7-16(17(18)9-14)15-5-3-4-13(8-15)10-19/h3-9,12,20H,11H2,1-2H3. The molecule has 0 atom stereocenters. The molecular formula is C17H17ClN2. The Morgan fingerprint density at radius 1 is 1.20 bits per heavy atom. The van der Waals surface area contributed by atoms with Gasteiger partial charge in [-0.3, -0.25) is 0 Å². The van der Waals surface area contributed by atoms with Crippen molar-refractivity contribution >= 4 is 11.6 Å². The van der Waals surface area contributed by atoms with Crippen LogP contribution >= 0.6 is 11.6 Å². The van der Waals surface area contributed by atoms with Crippen LogP contribution in [0, 0.1) is 11.3 Å². The molecule has 2 aromatic carbocycles. The third kappa shape index (κ3) is 3.60. The Morgan fingerprint density at radius 2 is 2.00 bits per heavy atom. The van der Waals surface area contributed by atoms with Crippen LogP contribution in [0.2, 0.25) is 5.02 Å². The largest absolute Gasteiger partial charge is 0.310 e. The number of nitriles is 1. The normalized spacial score (nSPS) is 10.6. The Labute approximate surface area is 125 Å². The second-order valence-electron chi connectivity index (χ2n) is 5.04. The monoisotopic (exact) mass is 284 g/mol. The quantitative estimate of drug-likeness (QED) is 0.904. The zero-order valence-electron chi connectivity index (χ0n) is 11.7. The molecule has 0 aliphatic rings. The van der Waals surface area contributed by atoms with Gasteiger partial charge in [-0.15, -0.1) is 0 Å². The first-order valence-electron chi connectivity index (χ1n) is 6.62. The number of nitrogens with zero attached hydrogens (tertiary/aromatic N) is 1. The molecule has 0 aliphatic heterocycles. The Morgan fingerprint density at radius 3 is 2.65 bits per heavy atom. The summed E-state index contributed by atoms with van der Waals surface area (Å²) in [5.74, 6) is 0. The number of rotatable bonds is 4. The molecule has 0 amide bonds. The van der Waals surface area contributed by atoms with E-state index >= 15 is 0 Å². The summed E-state index contributed by atoms with van der Waals surface area (Å²) in [6.07, 6.45) is 0. The highest BCUT2D eigenvalue weighted by Gasteiger charge is 2.06. The third-order valence-electron chi connectivity index (χ3n) is 3.05. The van der Waals surface area contributed by atoms with E-state index in [2.05, 4.69) is 31.3 Å². The Hall–Kier alpha value is -1.82. The highest BCUT2D eigenvalue weighted by Crippen LogP contribution is 2.29. The van der Waals surface area contributed by atoms with Gasteiger partial charge in [0, 0.05) is 23.2 Å². The van der Waals surface area contributed by atoms with E-state index in [4.69, 9.17) is 16.9 Å². The van der Waals surface area contributed by atoms with Gasteiger partial charge in [0.15, 0.2) is 0 Å². The van der Waals surface area contributed by atoms with Crippen molar-refractivity contribution in [1.82, 2.24) is 5.32 Å². The maximum Gasteiger partial charge on any atom is 0.0991 e.